The molecular weight excluding hydrogens is 288 g/mol. The molecule has 0 nitrogen and oxygen atoms in total. The molecule has 4 unspecified atom stereocenters. The highest BCUT2D eigenvalue weighted by atomic mass is 35.5. The maximum atomic E-state index is 6.02. The average molecular weight is 317 g/mol. The molecule has 0 saturated heterocycles. The molecule has 0 heterocycles. The van der Waals surface area contributed by atoms with Gasteiger partial charge in [0.1, 0.15) is 0 Å². The van der Waals surface area contributed by atoms with E-state index in [0.717, 1.165) is 28.7 Å². The maximum Gasteiger partial charge on any atom is 0.0406 e. The smallest absolute Gasteiger partial charge is 0.0406 e. The van der Waals surface area contributed by atoms with Crippen LogP contribution in [0.4, 0.5) is 0 Å². The van der Waals surface area contributed by atoms with Crippen molar-refractivity contribution in [2.45, 2.75) is 64.2 Å². The summed E-state index contributed by atoms with van der Waals surface area (Å²) in [4.78, 5) is 0. The lowest BCUT2D eigenvalue weighted by molar-refractivity contribution is 0.133. The lowest BCUT2D eigenvalue weighted by Gasteiger charge is -2.41. The molecule has 1 heteroatoms. The molecule has 2 saturated carbocycles. The van der Waals surface area contributed by atoms with Crippen LogP contribution in [-0.4, -0.2) is 0 Å². The third kappa shape index (κ3) is 3.96. The molecule has 0 amide bonds. The normalized spacial score (nSPS) is 32.1. The van der Waals surface area contributed by atoms with Gasteiger partial charge in [0.25, 0.3) is 0 Å². The number of hydrogen-bond donors (Lipinski definition) is 0. The Morgan fingerprint density at radius 2 is 1.73 bits per heavy atom. The van der Waals surface area contributed by atoms with Crippen molar-refractivity contribution >= 4 is 11.6 Å². The molecule has 1 aromatic rings. The molecule has 4 atom stereocenters. The molecule has 0 bridgehead atoms. The number of fused-ring (bicyclic) bond motifs is 1. The molecular formula is C21H29Cl. The first-order valence-corrected chi connectivity index (χ1v) is 9.56. The van der Waals surface area contributed by atoms with Crippen molar-refractivity contribution < 1.29 is 0 Å². The molecule has 0 spiro atoms. The minimum Gasteiger partial charge on any atom is -0.0883 e. The van der Waals surface area contributed by atoms with Crippen molar-refractivity contribution in [1.82, 2.24) is 0 Å². The quantitative estimate of drug-likeness (QED) is 0.525. The van der Waals surface area contributed by atoms with Crippen LogP contribution in [-0.2, 0) is 0 Å². The van der Waals surface area contributed by atoms with E-state index in [1.54, 1.807) is 0 Å². The third-order valence-electron chi connectivity index (χ3n) is 5.86. The number of hydrogen-bond acceptors (Lipinski definition) is 0. The summed E-state index contributed by atoms with van der Waals surface area (Å²) in [5.41, 5.74) is 1.51. The van der Waals surface area contributed by atoms with Crippen molar-refractivity contribution in [2.75, 3.05) is 0 Å². The van der Waals surface area contributed by atoms with Crippen molar-refractivity contribution in [3.63, 3.8) is 0 Å². The van der Waals surface area contributed by atoms with Gasteiger partial charge in [0.05, 0.1) is 0 Å². The van der Waals surface area contributed by atoms with Crippen LogP contribution in [0.5, 0.6) is 0 Å². The lowest BCUT2D eigenvalue weighted by Crippen LogP contribution is -2.30. The van der Waals surface area contributed by atoms with Gasteiger partial charge in [-0.25, -0.2) is 0 Å². The van der Waals surface area contributed by atoms with E-state index in [1.165, 1.54) is 56.9 Å². The van der Waals surface area contributed by atoms with E-state index in [-0.39, 0.29) is 0 Å². The second-order valence-electron chi connectivity index (χ2n) is 7.37. The van der Waals surface area contributed by atoms with Crippen molar-refractivity contribution in [2.24, 2.45) is 17.8 Å². The van der Waals surface area contributed by atoms with E-state index in [2.05, 4.69) is 43.3 Å². The van der Waals surface area contributed by atoms with Gasteiger partial charge in [-0.15, -0.1) is 0 Å². The number of rotatable bonds is 4. The Bertz CT molecular complexity index is 487. The number of allylic oxidation sites excluding steroid dienone is 2. The molecule has 2 aliphatic rings. The van der Waals surface area contributed by atoms with Crippen molar-refractivity contribution in [1.29, 1.82) is 0 Å². The molecule has 120 valence electrons. The molecule has 3 rings (SSSR count). The van der Waals surface area contributed by atoms with Crippen LogP contribution in [0, 0.1) is 17.8 Å². The third-order valence-corrected chi connectivity index (χ3v) is 6.11. The highest BCUT2D eigenvalue weighted by molar-refractivity contribution is 6.30. The van der Waals surface area contributed by atoms with Crippen LogP contribution >= 0.6 is 11.6 Å². The number of benzene rings is 1. The first kappa shape index (κ1) is 16.1. The molecule has 0 aromatic heterocycles. The zero-order valence-electron chi connectivity index (χ0n) is 13.8. The fraction of sp³-hybridized carbons (Fsp3) is 0.619. The number of unbranched alkanes of at least 4 members (excludes halogenated alkanes) is 1. The van der Waals surface area contributed by atoms with Crippen LogP contribution in [0.1, 0.15) is 69.8 Å². The second-order valence-corrected chi connectivity index (χ2v) is 7.81. The molecule has 2 fully saturated rings. The first-order chi connectivity index (χ1) is 10.8. The lowest BCUT2D eigenvalue weighted by atomic mass is 9.64. The monoisotopic (exact) mass is 316 g/mol. The molecule has 0 radical (unpaired) electrons. The van der Waals surface area contributed by atoms with E-state index in [0.29, 0.717) is 0 Å². The highest BCUT2D eigenvalue weighted by Gasteiger charge is 2.35. The summed E-state index contributed by atoms with van der Waals surface area (Å²) in [7, 11) is 0. The summed E-state index contributed by atoms with van der Waals surface area (Å²) in [6, 6.07) is 8.59. The minimum atomic E-state index is 0.769. The Kier molecular flexibility index (Phi) is 5.63. The van der Waals surface area contributed by atoms with E-state index >= 15 is 0 Å². The molecule has 2 aliphatic carbocycles. The fourth-order valence-electron chi connectivity index (χ4n) is 4.59. The van der Waals surface area contributed by atoms with Crippen LogP contribution in [0.2, 0.25) is 5.02 Å². The summed E-state index contributed by atoms with van der Waals surface area (Å²) < 4.78 is 0. The van der Waals surface area contributed by atoms with Gasteiger partial charge >= 0.3 is 0 Å². The van der Waals surface area contributed by atoms with Gasteiger partial charge in [0.2, 0.25) is 0 Å². The summed E-state index contributed by atoms with van der Waals surface area (Å²) in [6.45, 7) is 2.26. The maximum absolute atomic E-state index is 6.02. The van der Waals surface area contributed by atoms with Gasteiger partial charge in [-0.05, 0) is 86.3 Å². The molecule has 22 heavy (non-hydrogen) atoms. The molecule has 1 aromatic carbocycles. The zero-order valence-corrected chi connectivity index (χ0v) is 14.6. The van der Waals surface area contributed by atoms with Gasteiger partial charge in [-0.3, -0.25) is 0 Å². The summed E-state index contributed by atoms with van der Waals surface area (Å²) in [5.74, 6) is 3.57. The van der Waals surface area contributed by atoms with Gasteiger partial charge in [0, 0.05) is 5.02 Å². The summed E-state index contributed by atoms with van der Waals surface area (Å²) in [5, 5.41) is 0.858. The van der Waals surface area contributed by atoms with Crippen molar-refractivity contribution in [3.8, 4) is 0 Å². The predicted molar refractivity (Wildman–Crippen MR) is 96.4 cm³/mol. The van der Waals surface area contributed by atoms with Gasteiger partial charge < -0.3 is 0 Å². The Labute approximate surface area is 141 Å². The average Bonchev–Trinajstić information content (AvgIpc) is 2.55. The highest BCUT2D eigenvalue weighted by Crippen LogP contribution is 2.47. The SMILES string of the molecule is CCCC=CC1CCC2CC(c3ccc(Cl)cc3)CCC2C1. The van der Waals surface area contributed by atoms with Crippen molar-refractivity contribution in [3.05, 3.63) is 47.0 Å². The summed E-state index contributed by atoms with van der Waals surface area (Å²) >= 11 is 6.02. The van der Waals surface area contributed by atoms with E-state index in [9.17, 15) is 0 Å². The first-order valence-electron chi connectivity index (χ1n) is 9.18. The topological polar surface area (TPSA) is 0 Å². The Balaban J connectivity index is 1.56. The predicted octanol–water partition coefficient (Wildman–Crippen LogP) is 7.00. The Hall–Kier alpha value is -0.750. The van der Waals surface area contributed by atoms with Crippen LogP contribution < -0.4 is 0 Å². The van der Waals surface area contributed by atoms with E-state index in [1.807, 2.05) is 0 Å². The summed E-state index contributed by atoms with van der Waals surface area (Å²) in [6.07, 6.45) is 16.0. The van der Waals surface area contributed by atoms with Crippen LogP contribution in [0.3, 0.4) is 0 Å². The van der Waals surface area contributed by atoms with Crippen LogP contribution in [0.25, 0.3) is 0 Å². The zero-order chi connectivity index (χ0) is 15.4. The van der Waals surface area contributed by atoms with Gasteiger partial charge in [-0.2, -0.15) is 0 Å². The van der Waals surface area contributed by atoms with Gasteiger partial charge in [0.15, 0.2) is 0 Å². The minimum absolute atomic E-state index is 0.769. The second kappa shape index (κ2) is 7.68. The molecule has 0 N–H and O–H groups in total. The largest absolute Gasteiger partial charge is 0.0883 e. The number of halogens is 1. The van der Waals surface area contributed by atoms with Crippen LogP contribution in [0.15, 0.2) is 36.4 Å². The Morgan fingerprint density at radius 1 is 1.00 bits per heavy atom. The van der Waals surface area contributed by atoms with Gasteiger partial charge in [-0.1, -0.05) is 49.2 Å². The molecule has 0 aliphatic heterocycles. The Morgan fingerprint density at radius 3 is 2.50 bits per heavy atom. The van der Waals surface area contributed by atoms with E-state index < -0.39 is 0 Å². The van der Waals surface area contributed by atoms with E-state index in [4.69, 9.17) is 11.6 Å². The fourth-order valence-corrected chi connectivity index (χ4v) is 4.72. The standard InChI is InChI=1S/C21H29Cl/c1-2-3-4-5-16-6-7-20-15-19(9-8-18(20)14-16)17-10-12-21(22)13-11-17/h4-5,10-13,16,18-20H,2-3,6-9,14-15H2,1H3.